The van der Waals surface area contributed by atoms with E-state index < -0.39 is 0 Å². The van der Waals surface area contributed by atoms with Crippen LogP contribution < -0.4 is 15.8 Å². The molecule has 0 fully saturated rings. The Hall–Kier alpha value is -1.76. The Morgan fingerprint density at radius 3 is 2.61 bits per heavy atom. The van der Waals surface area contributed by atoms with Gasteiger partial charge in [-0.15, -0.1) is 24.0 Å². The second-order valence-electron chi connectivity index (χ2n) is 5.15. The molecule has 0 aromatic heterocycles. The average Bonchev–Trinajstić information content (AvgIpc) is 2.54. The largest absolute Gasteiger partial charge is 0.489 e. The maximum atomic E-state index is 5.92. The van der Waals surface area contributed by atoms with Crippen molar-refractivity contribution < 1.29 is 4.74 Å². The summed E-state index contributed by atoms with van der Waals surface area (Å²) in [7, 11) is 0. The highest BCUT2D eigenvalue weighted by Crippen LogP contribution is 2.12. The van der Waals surface area contributed by atoms with Crippen LogP contribution in [-0.4, -0.2) is 18.6 Å². The summed E-state index contributed by atoms with van der Waals surface area (Å²) in [5.74, 6) is 1.24. The molecule has 2 aromatic carbocycles. The van der Waals surface area contributed by atoms with Crippen LogP contribution in [0.5, 0.6) is 5.75 Å². The number of rotatable bonds is 6. The highest BCUT2D eigenvalue weighted by atomic mass is 127. The van der Waals surface area contributed by atoms with Crippen LogP contribution in [0.15, 0.2) is 59.6 Å². The topological polar surface area (TPSA) is 59.6 Å². The van der Waals surface area contributed by atoms with Crippen LogP contribution in [0.3, 0.4) is 0 Å². The summed E-state index contributed by atoms with van der Waals surface area (Å²) in [4.78, 5) is 4.33. The van der Waals surface area contributed by atoms with E-state index in [4.69, 9.17) is 10.5 Å². The molecule has 124 valence electrons. The Bertz CT molecular complexity index is 617. The van der Waals surface area contributed by atoms with Crippen LogP contribution in [0.2, 0.25) is 0 Å². The van der Waals surface area contributed by atoms with Gasteiger partial charge in [-0.25, -0.2) is 4.99 Å². The molecule has 1 atom stereocenters. The molecule has 0 aliphatic heterocycles. The van der Waals surface area contributed by atoms with Crippen molar-refractivity contribution in [2.75, 3.05) is 11.9 Å². The van der Waals surface area contributed by atoms with Crippen LogP contribution in [0.4, 0.5) is 5.69 Å². The van der Waals surface area contributed by atoms with Gasteiger partial charge >= 0.3 is 0 Å². The number of benzene rings is 2. The van der Waals surface area contributed by atoms with Crippen molar-refractivity contribution in [2.24, 2.45) is 10.7 Å². The molecule has 0 saturated carbocycles. The summed E-state index contributed by atoms with van der Waals surface area (Å²) in [5, 5.41) is 3.11. The molecule has 0 amide bonds. The van der Waals surface area contributed by atoms with E-state index in [9.17, 15) is 0 Å². The summed E-state index contributed by atoms with van der Waals surface area (Å²) in [5.41, 5.74) is 8.14. The molecular formula is C18H24IN3O. The van der Waals surface area contributed by atoms with E-state index in [-0.39, 0.29) is 30.1 Å². The first kappa shape index (κ1) is 19.3. The van der Waals surface area contributed by atoms with Crippen LogP contribution in [0, 0.1) is 0 Å². The maximum absolute atomic E-state index is 5.92. The maximum Gasteiger partial charge on any atom is 0.193 e. The minimum absolute atomic E-state index is 0. The molecule has 0 radical (unpaired) electrons. The number of nitrogens with zero attached hydrogens (tertiary/aromatic N) is 1. The van der Waals surface area contributed by atoms with Gasteiger partial charge in [0.1, 0.15) is 11.9 Å². The Labute approximate surface area is 155 Å². The van der Waals surface area contributed by atoms with E-state index >= 15 is 0 Å². The summed E-state index contributed by atoms with van der Waals surface area (Å²) >= 11 is 0. The molecule has 1 unspecified atom stereocenters. The zero-order valence-corrected chi connectivity index (χ0v) is 15.9. The zero-order chi connectivity index (χ0) is 15.8. The number of ether oxygens (including phenoxy) is 1. The molecule has 0 aliphatic carbocycles. The van der Waals surface area contributed by atoms with Gasteiger partial charge in [0.15, 0.2) is 5.96 Å². The van der Waals surface area contributed by atoms with Gasteiger partial charge < -0.3 is 15.8 Å². The first-order valence-electron chi connectivity index (χ1n) is 7.55. The number of hydrogen-bond donors (Lipinski definition) is 2. The van der Waals surface area contributed by atoms with Crippen LogP contribution in [-0.2, 0) is 6.42 Å². The first-order valence-corrected chi connectivity index (χ1v) is 7.55. The molecular weight excluding hydrogens is 401 g/mol. The minimum atomic E-state index is -0.0373. The lowest BCUT2D eigenvalue weighted by atomic mass is 10.1. The number of guanidine groups is 1. The summed E-state index contributed by atoms with van der Waals surface area (Å²) in [6, 6.07) is 17.9. The van der Waals surface area contributed by atoms with Gasteiger partial charge in [0.2, 0.25) is 0 Å². The molecule has 0 saturated heterocycles. The average molecular weight is 425 g/mol. The van der Waals surface area contributed by atoms with E-state index in [2.05, 4.69) is 29.4 Å². The van der Waals surface area contributed by atoms with Gasteiger partial charge in [-0.3, -0.25) is 0 Å². The lowest BCUT2D eigenvalue weighted by Gasteiger charge is -2.13. The fraction of sp³-hybridized carbons (Fsp3) is 0.278. The highest BCUT2D eigenvalue weighted by molar-refractivity contribution is 14.0. The highest BCUT2D eigenvalue weighted by Gasteiger charge is 2.03. The van der Waals surface area contributed by atoms with Gasteiger partial charge in [0.05, 0.1) is 6.54 Å². The SMILES string of the molecule is CCc1cccc(NC(N)=NCC(C)Oc2ccccc2)c1.I. The predicted molar refractivity (Wildman–Crippen MR) is 108 cm³/mol. The third kappa shape index (κ3) is 6.90. The van der Waals surface area contributed by atoms with Crippen molar-refractivity contribution in [3.05, 3.63) is 60.2 Å². The molecule has 23 heavy (non-hydrogen) atoms. The standard InChI is InChI=1S/C18H23N3O.HI/c1-3-15-8-7-9-16(12-15)21-18(19)20-13-14(2)22-17-10-5-4-6-11-17;/h4-12,14H,3,13H2,1-2H3,(H3,19,20,21);1H. The second-order valence-corrected chi connectivity index (χ2v) is 5.15. The van der Waals surface area contributed by atoms with E-state index in [0.717, 1.165) is 17.9 Å². The van der Waals surface area contributed by atoms with E-state index in [0.29, 0.717) is 12.5 Å². The van der Waals surface area contributed by atoms with Crippen LogP contribution in [0.1, 0.15) is 19.4 Å². The van der Waals surface area contributed by atoms with Crippen LogP contribution >= 0.6 is 24.0 Å². The molecule has 5 heteroatoms. The van der Waals surface area contributed by atoms with Gasteiger partial charge in [0.25, 0.3) is 0 Å². The first-order chi connectivity index (χ1) is 10.7. The van der Waals surface area contributed by atoms with Crippen molar-refractivity contribution in [3.8, 4) is 5.75 Å². The number of anilines is 1. The Morgan fingerprint density at radius 1 is 1.17 bits per heavy atom. The minimum Gasteiger partial charge on any atom is -0.489 e. The number of halogens is 1. The number of para-hydroxylation sites is 1. The Balaban J connectivity index is 0.00000264. The summed E-state index contributed by atoms with van der Waals surface area (Å²) in [6.07, 6.45) is 0.957. The van der Waals surface area contributed by atoms with E-state index in [1.807, 2.05) is 49.4 Å². The fourth-order valence-electron chi connectivity index (χ4n) is 2.05. The Kier molecular flexibility index (Phi) is 8.47. The van der Waals surface area contributed by atoms with Gasteiger partial charge in [-0.2, -0.15) is 0 Å². The van der Waals surface area contributed by atoms with Crippen molar-refractivity contribution in [1.29, 1.82) is 0 Å². The van der Waals surface area contributed by atoms with Crippen molar-refractivity contribution in [3.63, 3.8) is 0 Å². The third-order valence-corrected chi connectivity index (χ3v) is 3.21. The lowest BCUT2D eigenvalue weighted by Crippen LogP contribution is -2.25. The van der Waals surface area contributed by atoms with Crippen molar-refractivity contribution >= 4 is 35.6 Å². The number of nitrogens with one attached hydrogen (secondary N) is 1. The fourth-order valence-corrected chi connectivity index (χ4v) is 2.05. The number of hydrogen-bond acceptors (Lipinski definition) is 2. The number of aliphatic imine (C=N–C) groups is 1. The second kappa shape index (κ2) is 10.1. The quantitative estimate of drug-likeness (QED) is 0.417. The molecule has 0 aliphatic rings. The molecule has 0 spiro atoms. The normalized spacial score (nSPS) is 12.2. The lowest BCUT2D eigenvalue weighted by molar-refractivity contribution is 0.230. The molecule has 3 N–H and O–H groups in total. The summed E-state index contributed by atoms with van der Waals surface area (Å²) < 4.78 is 5.76. The number of nitrogens with two attached hydrogens (primary N) is 1. The zero-order valence-electron chi connectivity index (χ0n) is 13.5. The van der Waals surface area contributed by atoms with Crippen molar-refractivity contribution in [2.45, 2.75) is 26.4 Å². The molecule has 0 bridgehead atoms. The van der Waals surface area contributed by atoms with Crippen molar-refractivity contribution in [1.82, 2.24) is 0 Å². The Morgan fingerprint density at radius 2 is 1.91 bits per heavy atom. The molecule has 4 nitrogen and oxygen atoms in total. The monoisotopic (exact) mass is 425 g/mol. The van der Waals surface area contributed by atoms with Crippen LogP contribution in [0.25, 0.3) is 0 Å². The van der Waals surface area contributed by atoms with Gasteiger partial charge in [0, 0.05) is 5.69 Å². The number of aryl methyl sites for hydroxylation is 1. The molecule has 2 aromatic rings. The molecule has 0 heterocycles. The molecule has 2 rings (SSSR count). The van der Waals surface area contributed by atoms with E-state index in [1.54, 1.807) is 0 Å². The van der Waals surface area contributed by atoms with Gasteiger partial charge in [-0.1, -0.05) is 37.3 Å². The predicted octanol–water partition coefficient (Wildman–Crippen LogP) is 4.06. The summed E-state index contributed by atoms with van der Waals surface area (Å²) in [6.45, 7) is 4.60. The smallest absolute Gasteiger partial charge is 0.193 e. The van der Waals surface area contributed by atoms with Gasteiger partial charge in [-0.05, 0) is 43.2 Å². The van der Waals surface area contributed by atoms with E-state index in [1.165, 1.54) is 5.56 Å². The third-order valence-electron chi connectivity index (χ3n) is 3.21.